The number of rotatable bonds is 6. The van der Waals surface area contributed by atoms with Gasteiger partial charge in [0.2, 0.25) is 0 Å². The fraction of sp³-hybridized carbons (Fsp3) is 0.467. The molecule has 2 aromatic rings. The van der Waals surface area contributed by atoms with Crippen LogP contribution in [0.25, 0.3) is 10.9 Å². The maximum atomic E-state index is 3.57. The summed E-state index contributed by atoms with van der Waals surface area (Å²) in [5, 5.41) is 4.85. The van der Waals surface area contributed by atoms with Gasteiger partial charge in [-0.25, -0.2) is 0 Å². The van der Waals surface area contributed by atoms with Crippen molar-refractivity contribution in [3.8, 4) is 0 Å². The van der Waals surface area contributed by atoms with E-state index in [2.05, 4.69) is 60.5 Å². The molecule has 0 amide bonds. The molecular weight excluding hydrogens is 222 g/mol. The highest BCUT2D eigenvalue weighted by Gasteiger charge is 2.03. The van der Waals surface area contributed by atoms with Crippen LogP contribution in [0.4, 0.5) is 0 Å². The van der Waals surface area contributed by atoms with Crippen LogP contribution >= 0.6 is 0 Å². The number of fused-ring (bicyclic) bond motifs is 1. The molecule has 0 aliphatic carbocycles. The Morgan fingerprint density at radius 3 is 2.89 bits per heavy atom. The lowest BCUT2D eigenvalue weighted by Crippen LogP contribution is -2.29. The second kappa shape index (κ2) is 6.03. The average Bonchev–Trinajstić information content (AvgIpc) is 2.81. The van der Waals surface area contributed by atoms with Crippen molar-refractivity contribution < 1.29 is 0 Å². The van der Waals surface area contributed by atoms with Crippen molar-refractivity contribution >= 4 is 10.9 Å². The van der Waals surface area contributed by atoms with Crippen LogP contribution in [-0.4, -0.2) is 36.6 Å². The van der Waals surface area contributed by atoms with Gasteiger partial charge in [-0.3, -0.25) is 0 Å². The smallest absolute Gasteiger partial charge is 0.0457 e. The molecular formula is C15H23N3. The van der Waals surface area contributed by atoms with E-state index in [1.165, 1.54) is 22.9 Å². The topological polar surface area (TPSA) is 31.1 Å². The molecule has 1 aromatic heterocycles. The standard InChI is InChI=1S/C15H23N3/c1-12(7-9-18(2)3)17-11-13-4-5-14-6-8-16-15(14)10-13/h4-6,8,10,12,16-17H,7,9,11H2,1-3H3. The normalized spacial score (nSPS) is 13.3. The SMILES string of the molecule is CC(CCN(C)C)NCc1ccc2cc[nH]c2c1. The Morgan fingerprint density at radius 2 is 2.11 bits per heavy atom. The van der Waals surface area contributed by atoms with Crippen LogP contribution in [0.2, 0.25) is 0 Å². The Bertz CT molecular complexity index is 487. The van der Waals surface area contributed by atoms with E-state index in [9.17, 15) is 0 Å². The fourth-order valence-electron chi connectivity index (χ4n) is 2.05. The Kier molecular flexibility index (Phi) is 4.39. The third-order valence-electron chi connectivity index (χ3n) is 3.28. The van der Waals surface area contributed by atoms with Crippen molar-refractivity contribution in [3.63, 3.8) is 0 Å². The Balaban J connectivity index is 1.85. The molecule has 3 nitrogen and oxygen atoms in total. The first-order valence-electron chi connectivity index (χ1n) is 6.59. The molecule has 18 heavy (non-hydrogen) atoms. The lowest BCUT2D eigenvalue weighted by molar-refractivity contribution is 0.365. The van der Waals surface area contributed by atoms with Gasteiger partial charge in [0.1, 0.15) is 0 Å². The number of aromatic nitrogens is 1. The number of nitrogens with zero attached hydrogens (tertiary/aromatic N) is 1. The second-order valence-electron chi connectivity index (χ2n) is 5.27. The monoisotopic (exact) mass is 245 g/mol. The average molecular weight is 245 g/mol. The highest BCUT2D eigenvalue weighted by molar-refractivity contribution is 5.79. The zero-order chi connectivity index (χ0) is 13.0. The summed E-state index contributed by atoms with van der Waals surface area (Å²) < 4.78 is 0. The molecule has 1 unspecified atom stereocenters. The number of aromatic amines is 1. The molecule has 1 atom stereocenters. The molecule has 0 bridgehead atoms. The van der Waals surface area contributed by atoms with Gasteiger partial charge in [0.05, 0.1) is 0 Å². The quantitative estimate of drug-likeness (QED) is 0.819. The van der Waals surface area contributed by atoms with Crippen LogP contribution in [0.5, 0.6) is 0 Å². The van der Waals surface area contributed by atoms with Gasteiger partial charge in [-0.15, -0.1) is 0 Å². The van der Waals surface area contributed by atoms with Gasteiger partial charge in [0.15, 0.2) is 0 Å². The van der Waals surface area contributed by atoms with Gasteiger partial charge in [-0.1, -0.05) is 12.1 Å². The van der Waals surface area contributed by atoms with E-state index in [-0.39, 0.29) is 0 Å². The van der Waals surface area contributed by atoms with Crippen molar-refractivity contribution in [2.75, 3.05) is 20.6 Å². The summed E-state index contributed by atoms with van der Waals surface area (Å²) in [5.74, 6) is 0. The highest BCUT2D eigenvalue weighted by Crippen LogP contribution is 2.14. The minimum atomic E-state index is 0.548. The maximum Gasteiger partial charge on any atom is 0.0457 e. The van der Waals surface area contributed by atoms with E-state index in [1.807, 2.05) is 6.20 Å². The van der Waals surface area contributed by atoms with E-state index in [0.29, 0.717) is 6.04 Å². The zero-order valence-corrected chi connectivity index (χ0v) is 11.5. The summed E-state index contributed by atoms with van der Waals surface area (Å²) in [6.07, 6.45) is 3.17. The van der Waals surface area contributed by atoms with Crippen LogP contribution in [-0.2, 0) is 6.54 Å². The number of hydrogen-bond acceptors (Lipinski definition) is 2. The first-order chi connectivity index (χ1) is 8.65. The van der Waals surface area contributed by atoms with Gasteiger partial charge in [0, 0.05) is 24.3 Å². The maximum absolute atomic E-state index is 3.57. The van der Waals surface area contributed by atoms with Crippen LogP contribution < -0.4 is 5.32 Å². The number of hydrogen-bond donors (Lipinski definition) is 2. The van der Waals surface area contributed by atoms with Crippen molar-refractivity contribution in [1.29, 1.82) is 0 Å². The molecule has 0 aliphatic heterocycles. The highest BCUT2D eigenvalue weighted by atomic mass is 15.1. The molecule has 0 spiro atoms. The molecule has 0 aliphatic rings. The molecule has 0 saturated carbocycles. The fourth-order valence-corrected chi connectivity index (χ4v) is 2.05. The molecule has 2 N–H and O–H groups in total. The summed E-state index contributed by atoms with van der Waals surface area (Å²) >= 11 is 0. The van der Waals surface area contributed by atoms with E-state index < -0.39 is 0 Å². The molecule has 3 heteroatoms. The summed E-state index contributed by atoms with van der Waals surface area (Å²) in [4.78, 5) is 5.48. The van der Waals surface area contributed by atoms with E-state index in [1.54, 1.807) is 0 Å². The van der Waals surface area contributed by atoms with Gasteiger partial charge < -0.3 is 15.2 Å². The van der Waals surface area contributed by atoms with E-state index >= 15 is 0 Å². The van der Waals surface area contributed by atoms with Crippen molar-refractivity contribution in [2.24, 2.45) is 0 Å². The Morgan fingerprint density at radius 1 is 1.28 bits per heavy atom. The third-order valence-corrected chi connectivity index (χ3v) is 3.28. The summed E-state index contributed by atoms with van der Waals surface area (Å²) in [7, 11) is 4.23. The van der Waals surface area contributed by atoms with Gasteiger partial charge in [-0.2, -0.15) is 0 Å². The molecule has 98 valence electrons. The number of H-pyrrole nitrogens is 1. The van der Waals surface area contributed by atoms with Crippen LogP contribution in [0.1, 0.15) is 18.9 Å². The van der Waals surface area contributed by atoms with E-state index in [0.717, 1.165) is 13.1 Å². The largest absolute Gasteiger partial charge is 0.361 e. The molecule has 0 fully saturated rings. The van der Waals surface area contributed by atoms with Gasteiger partial charge in [0.25, 0.3) is 0 Å². The lowest BCUT2D eigenvalue weighted by Gasteiger charge is -2.16. The Hall–Kier alpha value is -1.32. The number of nitrogens with one attached hydrogen (secondary N) is 2. The predicted molar refractivity (Wildman–Crippen MR) is 77.8 cm³/mol. The number of benzene rings is 1. The molecule has 0 saturated heterocycles. The van der Waals surface area contributed by atoms with Crippen molar-refractivity contribution in [3.05, 3.63) is 36.0 Å². The minimum absolute atomic E-state index is 0.548. The second-order valence-corrected chi connectivity index (χ2v) is 5.27. The lowest BCUT2D eigenvalue weighted by atomic mass is 10.1. The van der Waals surface area contributed by atoms with Crippen LogP contribution in [0, 0.1) is 0 Å². The van der Waals surface area contributed by atoms with Gasteiger partial charge in [-0.05, 0) is 57.1 Å². The van der Waals surface area contributed by atoms with Gasteiger partial charge >= 0.3 is 0 Å². The molecule has 1 aromatic carbocycles. The predicted octanol–water partition coefficient (Wildman–Crippen LogP) is 2.60. The third kappa shape index (κ3) is 3.59. The Labute approximate surface area is 109 Å². The summed E-state index contributed by atoms with van der Waals surface area (Å²) in [5.41, 5.74) is 2.55. The minimum Gasteiger partial charge on any atom is -0.361 e. The van der Waals surface area contributed by atoms with Crippen molar-refractivity contribution in [2.45, 2.75) is 25.9 Å². The summed E-state index contributed by atoms with van der Waals surface area (Å²) in [6, 6.07) is 9.24. The first-order valence-corrected chi connectivity index (χ1v) is 6.59. The summed E-state index contributed by atoms with van der Waals surface area (Å²) in [6.45, 7) is 4.31. The van der Waals surface area contributed by atoms with E-state index in [4.69, 9.17) is 0 Å². The molecule has 0 radical (unpaired) electrons. The zero-order valence-electron chi connectivity index (χ0n) is 11.5. The molecule has 1 heterocycles. The van der Waals surface area contributed by atoms with Crippen LogP contribution in [0.3, 0.4) is 0 Å². The molecule has 2 rings (SSSR count). The first kappa shape index (κ1) is 13.1. The van der Waals surface area contributed by atoms with Crippen molar-refractivity contribution in [1.82, 2.24) is 15.2 Å². The van der Waals surface area contributed by atoms with Crippen LogP contribution in [0.15, 0.2) is 30.5 Å².